The van der Waals surface area contributed by atoms with Gasteiger partial charge in [-0.3, -0.25) is 4.90 Å². The van der Waals surface area contributed by atoms with Gasteiger partial charge in [0.25, 0.3) is 0 Å². The maximum Gasteiger partial charge on any atom is 0.0126 e. The van der Waals surface area contributed by atoms with Crippen molar-refractivity contribution in [3.05, 3.63) is 0 Å². The van der Waals surface area contributed by atoms with Crippen molar-refractivity contribution in [1.29, 1.82) is 0 Å². The Bertz CT molecular complexity index is 239. The zero-order valence-corrected chi connectivity index (χ0v) is 13.2. The third-order valence-corrected chi connectivity index (χ3v) is 5.25. The molecule has 0 bridgehead atoms. The van der Waals surface area contributed by atoms with Crippen LogP contribution in [0, 0.1) is 5.92 Å². The zero-order chi connectivity index (χ0) is 13.5. The molecular formula is C17H34N2. The van der Waals surface area contributed by atoms with Gasteiger partial charge in [0.15, 0.2) is 0 Å². The number of hydrogen-bond acceptors (Lipinski definition) is 2. The first-order chi connectivity index (χ1) is 9.33. The number of rotatable bonds is 7. The molecular weight excluding hydrogens is 232 g/mol. The van der Waals surface area contributed by atoms with Crippen LogP contribution in [0.4, 0.5) is 0 Å². The first kappa shape index (κ1) is 15.3. The van der Waals surface area contributed by atoms with E-state index in [1.807, 2.05) is 0 Å². The first-order valence-corrected chi connectivity index (χ1v) is 8.79. The maximum atomic E-state index is 3.53. The van der Waals surface area contributed by atoms with E-state index in [1.165, 1.54) is 77.4 Å². The van der Waals surface area contributed by atoms with Gasteiger partial charge in [0.2, 0.25) is 0 Å². The van der Waals surface area contributed by atoms with Gasteiger partial charge in [-0.05, 0) is 77.4 Å². The molecule has 0 spiro atoms. The van der Waals surface area contributed by atoms with Gasteiger partial charge < -0.3 is 5.32 Å². The molecule has 0 aromatic carbocycles. The molecule has 2 rings (SSSR count). The lowest BCUT2D eigenvalue weighted by Gasteiger charge is -2.47. The molecule has 2 heteroatoms. The Morgan fingerprint density at radius 2 is 1.89 bits per heavy atom. The number of nitrogens with one attached hydrogen (secondary N) is 1. The number of fused-ring (bicyclic) bond motifs is 1. The molecule has 1 heterocycles. The summed E-state index contributed by atoms with van der Waals surface area (Å²) in [5.41, 5.74) is 0. The van der Waals surface area contributed by atoms with Gasteiger partial charge in [-0.15, -0.1) is 0 Å². The average molecular weight is 266 g/mol. The van der Waals surface area contributed by atoms with Crippen molar-refractivity contribution in [2.45, 2.75) is 83.7 Å². The third-order valence-electron chi connectivity index (χ3n) is 5.25. The summed E-state index contributed by atoms with van der Waals surface area (Å²) in [6, 6.07) is 1.73. The van der Waals surface area contributed by atoms with Crippen molar-refractivity contribution in [2.24, 2.45) is 5.92 Å². The highest BCUT2D eigenvalue weighted by Gasteiger charge is 2.34. The summed E-state index contributed by atoms with van der Waals surface area (Å²) in [5, 5.41) is 3.53. The topological polar surface area (TPSA) is 15.3 Å². The molecule has 112 valence electrons. The number of likely N-dealkylation sites (tertiary alicyclic amines) is 1. The Balaban J connectivity index is 1.72. The molecule has 3 atom stereocenters. The lowest BCUT2D eigenvalue weighted by molar-refractivity contribution is 0.0282. The molecule has 0 amide bonds. The van der Waals surface area contributed by atoms with Gasteiger partial charge in [-0.1, -0.05) is 19.8 Å². The number of hydrogen-bond donors (Lipinski definition) is 1. The van der Waals surface area contributed by atoms with Crippen LogP contribution in [0.25, 0.3) is 0 Å². The predicted octanol–water partition coefficient (Wildman–Crippen LogP) is 3.81. The van der Waals surface area contributed by atoms with Crippen molar-refractivity contribution in [3.63, 3.8) is 0 Å². The van der Waals surface area contributed by atoms with E-state index in [1.54, 1.807) is 0 Å². The van der Waals surface area contributed by atoms with Crippen molar-refractivity contribution in [2.75, 3.05) is 19.6 Å². The van der Waals surface area contributed by atoms with Gasteiger partial charge in [0, 0.05) is 12.1 Å². The second kappa shape index (κ2) is 8.26. The fraction of sp³-hybridized carbons (Fsp3) is 1.00. The predicted molar refractivity (Wildman–Crippen MR) is 83.5 cm³/mol. The molecule has 0 aromatic heterocycles. The summed E-state index contributed by atoms with van der Waals surface area (Å²) in [6.45, 7) is 8.47. The van der Waals surface area contributed by atoms with E-state index in [0.717, 1.165) is 18.0 Å². The fourth-order valence-electron chi connectivity index (χ4n) is 4.20. The highest BCUT2D eigenvalue weighted by Crippen LogP contribution is 2.36. The van der Waals surface area contributed by atoms with E-state index < -0.39 is 0 Å². The minimum absolute atomic E-state index is 0.800. The van der Waals surface area contributed by atoms with E-state index in [2.05, 4.69) is 24.1 Å². The van der Waals surface area contributed by atoms with Crippen LogP contribution < -0.4 is 5.32 Å². The molecule has 2 fully saturated rings. The summed E-state index contributed by atoms with van der Waals surface area (Å²) in [7, 11) is 0. The van der Waals surface area contributed by atoms with Gasteiger partial charge in [-0.2, -0.15) is 0 Å². The summed E-state index contributed by atoms with van der Waals surface area (Å²) in [6.07, 6.45) is 12.9. The summed E-state index contributed by atoms with van der Waals surface area (Å²) in [5.74, 6) is 1.03. The Kier molecular flexibility index (Phi) is 6.66. The van der Waals surface area contributed by atoms with Crippen LogP contribution in [0.5, 0.6) is 0 Å². The summed E-state index contributed by atoms with van der Waals surface area (Å²) < 4.78 is 0. The molecule has 1 N–H and O–H groups in total. The molecule has 1 saturated heterocycles. The van der Waals surface area contributed by atoms with Gasteiger partial charge in [-0.25, -0.2) is 0 Å². The SMILES string of the molecule is CCCNCCCC(C)N1CCCC2CCCCC21. The van der Waals surface area contributed by atoms with E-state index in [4.69, 9.17) is 0 Å². The number of nitrogens with zero attached hydrogens (tertiary/aromatic N) is 1. The van der Waals surface area contributed by atoms with Gasteiger partial charge >= 0.3 is 0 Å². The molecule has 1 aliphatic heterocycles. The fourth-order valence-corrected chi connectivity index (χ4v) is 4.20. The van der Waals surface area contributed by atoms with Crippen LogP contribution in [0.1, 0.15) is 71.6 Å². The highest BCUT2D eigenvalue weighted by molar-refractivity contribution is 4.89. The average Bonchev–Trinajstić information content (AvgIpc) is 2.46. The minimum Gasteiger partial charge on any atom is -0.317 e. The van der Waals surface area contributed by atoms with Gasteiger partial charge in [0.1, 0.15) is 0 Å². The summed E-state index contributed by atoms with van der Waals surface area (Å²) >= 11 is 0. The van der Waals surface area contributed by atoms with Gasteiger partial charge in [0.05, 0.1) is 0 Å². The van der Waals surface area contributed by atoms with Crippen LogP contribution in [0.3, 0.4) is 0 Å². The van der Waals surface area contributed by atoms with Crippen LogP contribution in [-0.2, 0) is 0 Å². The molecule has 1 saturated carbocycles. The summed E-state index contributed by atoms with van der Waals surface area (Å²) in [4.78, 5) is 2.87. The van der Waals surface area contributed by atoms with E-state index in [0.29, 0.717) is 0 Å². The van der Waals surface area contributed by atoms with E-state index in [-0.39, 0.29) is 0 Å². The van der Waals surface area contributed by atoms with E-state index in [9.17, 15) is 0 Å². The Morgan fingerprint density at radius 1 is 1.11 bits per heavy atom. The molecule has 0 radical (unpaired) electrons. The van der Waals surface area contributed by atoms with Crippen LogP contribution in [0.15, 0.2) is 0 Å². The second-order valence-electron chi connectivity index (χ2n) is 6.73. The van der Waals surface area contributed by atoms with Crippen molar-refractivity contribution in [1.82, 2.24) is 10.2 Å². The zero-order valence-electron chi connectivity index (χ0n) is 13.2. The Hall–Kier alpha value is -0.0800. The van der Waals surface area contributed by atoms with Crippen LogP contribution in [-0.4, -0.2) is 36.6 Å². The van der Waals surface area contributed by atoms with E-state index >= 15 is 0 Å². The molecule has 1 aliphatic carbocycles. The molecule has 2 aliphatic rings. The second-order valence-corrected chi connectivity index (χ2v) is 6.73. The smallest absolute Gasteiger partial charge is 0.0126 e. The normalized spacial score (nSPS) is 30.0. The van der Waals surface area contributed by atoms with Crippen LogP contribution in [0.2, 0.25) is 0 Å². The Labute approximate surface area is 120 Å². The molecule has 3 unspecified atom stereocenters. The highest BCUT2D eigenvalue weighted by atomic mass is 15.2. The third kappa shape index (κ3) is 4.46. The molecule has 2 nitrogen and oxygen atoms in total. The minimum atomic E-state index is 0.800. The monoisotopic (exact) mass is 266 g/mol. The van der Waals surface area contributed by atoms with Crippen LogP contribution >= 0.6 is 0 Å². The van der Waals surface area contributed by atoms with Crippen molar-refractivity contribution < 1.29 is 0 Å². The quantitative estimate of drug-likeness (QED) is 0.705. The molecule has 19 heavy (non-hydrogen) atoms. The molecule has 0 aromatic rings. The lowest BCUT2D eigenvalue weighted by Crippen LogP contribution is -2.50. The first-order valence-electron chi connectivity index (χ1n) is 8.79. The lowest BCUT2D eigenvalue weighted by atomic mass is 9.77. The van der Waals surface area contributed by atoms with Crippen molar-refractivity contribution >= 4 is 0 Å². The maximum absolute atomic E-state index is 3.53. The Morgan fingerprint density at radius 3 is 2.74 bits per heavy atom. The standard InChI is InChI=1S/C17H34N2/c1-3-12-18-13-6-8-15(2)19-14-7-10-16-9-4-5-11-17(16)19/h15-18H,3-14H2,1-2H3. The van der Waals surface area contributed by atoms with Crippen molar-refractivity contribution in [3.8, 4) is 0 Å². The number of piperidine rings is 1. The largest absolute Gasteiger partial charge is 0.317 e.